The standard InChI is InChI=1S/C19H22O4/c1-11(20)19-10-13(21)9-14-15(22)7-8-16(17(14)19)23-18(19)12-5-3-2-4-6-12/h2-6,14-18,22H,7-10H2,1H3/t14-,15-,16+,17-,18+,19+/m0/s1. The number of hydrogen-bond acceptors (Lipinski definition) is 4. The molecule has 4 nitrogen and oxygen atoms in total. The molecule has 3 aliphatic rings. The minimum Gasteiger partial charge on any atom is -0.393 e. The summed E-state index contributed by atoms with van der Waals surface area (Å²) in [4.78, 5) is 25.2. The molecule has 0 bridgehead atoms. The summed E-state index contributed by atoms with van der Waals surface area (Å²) in [5.41, 5.74) is 0.146. The Balaban J connectivity index is 1.86. The van der Waals surface area contributed by atoms with Crippen LogP contribution in [0.5, 0.6) is 0 Å². The van der Waals surface area contributed by atoms with Gasteiger partial charge < -0.3 is 9.84 Å². The SMILES string of the molecule is CC(=O)[C@]12CC(=O)C[C@@H]3[C@H]1[C@@H](CC[C@@H]3O)O[C@@H]2c1ccccc1. The molecule has 0 radical (unpaired) electrons. The van der Waals surface area contributed by atoms with Gasteiger partial charge in [-0.1, -0.05) is 30.3 Å². The van der Waals surface area contributed by atoms with E-state index in [9.17, 15) is 14.7 Å². The van der Waals surface area contributed by atoms with E-state index in [4.69, 9.17) is 4.74 Å². The molecule has 2 saturated carbocycles. The topological polar surface area (TPSA) is 63.6 Å². The van der Waals surface area contributed by atoms with Gasteiger partial charge in [-0.05, 0) is 31.2 Å². The molecule has 23 heavy (non-hydrogen) atoms. The largest absolute Gasteiger partial charge is 0.393 e. The Morgan fingerprint density at radius 1 is 1.26 bits per heavy atom. The van der Waals surface area contributed by atoms with Crippen LogP contribution in [0.15, 0.2) is 30.3 Å². The molecule has 1 N–H and O–H groups in total. The highest BCUT2D eigenvalue weighted by molar-refractivity contribution is 5.92. The van der Waals surface area contributed by atoms with Gasteiger partial charge in [0.15, 0.2) is 0 Å². The predicted octanol–water partition coefficient (Wildman–Crippen LogP) is 2.45. The van der Waals surface area contributed by atoms with Crippen LogP contribution in [0.25, 0.3) is 0 Å². The Kier molecular flexibility index (Phi) is 3.43. The molecule has 0 spiro atoms. The van der Waals surface area contributed by atoms with Crippen molar-refractivity contribution in [2.75, 3.05) is 0 Å². The molecule has 2 aliphatic carbocycles. The van der Waals surface area contributed by atoms with Crippen molar-refractivity contribution in [1.29, 1.82) is 0 Å². The maximum atomic E-state index is 12.8. The van der Waals surface area contributed by atoms with Crippen molar-refractivity contribution >= 4 is 11.6 Å². The van der Waals surface area contributed by atoms with Gasteiger partial charge in [0, 0.05) is 18.8 Å². The minimum atomic E-state index is -0.812. The average Bonchev–Trinajstić information content (AvgIpc) is 2.88. The van der Waals surface area contributed by atoms with E-state index in [0.717, 1.165) is 12.0 Å². The Bertz CT molecular complexity index is 640. The molecule has 1 heterocycles. The quantitative estimate of drug-likeness (QED) is 0.911. The van der Waals surface area contributed by atoms with Crippen LogP contribution < -0.4 is 0 Å². The van der Waals surface area contributed by atoms with Crippen molar-refractivity contribution in [2.45, 2.75) is 50.9 Å². The van der Waals surface area contributed by atoms with Gasteiger partial charge in [0.1, 0.15) is 11.6 Å². The number of benzene rings is 1. The highest BCUT2D eigenvalue weighted by Gasteiger charge is 2.66. The Labute approximate surface area is 135 Å². The first-order chi connectivity index (χ1) is 11.0. The molecule has 1 aliphatic heterocycles. The van der Waals surface area contributed by atoms with Gasteiger partial charge in [-0.3, -0.25) is 9.59 Å². The van der Waals surface area contributed by atoms with E-state index >= 15 is 0 Å². The van der Waals surface area contributed by atoms with Gasteiger partial charge in [0.05, 0.1) is 23.7 Å². The van der Waals surface area contributed by atoms with Crippen molar-refractivity contribution in [3.05, 3.63) is 35.9 Å². The highest BCUT2D eigenvalue weighted by atomic mass is 16.5. The van der Waals surface area contributed by atoms with E-state index in [2.05, 4.69) is 0 Å². The summed E-state index contributed by atoms with van der Waals surface area (Å²) >= 11 is 0. The monoisotopic (exact) mass is 314 g/mol. The Hall–Kier alpha value is -1.52. The van der Waals surface area contributed by atoms with Gasteiger partial charge in [0.25, 0.3) is 0 Å². The van der Waals surface area contributed by atoms with E-state index in [1.165, 1.54) is 0 Å². The van der Waals surface area contributed by atoms with Crippen LogP contribution in [0.4, 0.5) is 0 Å². The maximum Gasteiger partial charge on any atom is 0.139 e. The molecule has 122 valence electrons. The first-order valence-electron chi connectivity index (χ1n) is 8.45. The number of carbonyl (C=O) groups is 2. The zero-order valence-electron chi connectivity index (χ0n) is 13.3. The van der Waals surface area contributed by atoms with Crippen molar-refractivity contribution in [2.24, 2.45) is 17.3 Å². The number of ketones is 2. The molecule has 4 rings (SSSR count). The second-order valence-corrected chi connectivity index (χ2v) is 7.32. The number of hydrogen-bond donors (Lipinski definition) is 1. The van der Waals surface area contributed by atoms with Crippen LogP contribution in [0.1, 0.15) is 44.3 Å². The molecule has 0 aromatic heterocycles. The summed E-state index contributed by atoms with van der Waals surface area (Å²) in [6.07, 6.45) is 1.11. The Morgan fingerprint density at radius 3 is 2.70 bits per heavy atom. The highest BCUT2D eigenvalue weighted by Crippen LogP contribution is 2.63. The van der Waals surface area contributed by atoms with Gasteiger partial charge >= 0.3 is 0 Å². The molecule has 1 aromatic carbocycles. The smallest absolute Gasteiger partial charge is 0.139 e. The fraction of sp³-hybridized carbons (Fsp3) is 0.579. The van der Waals surface area contributed by atoms with E-state index in [-0.39, 0.29) is 42.0 Å². The van der Waals surface area contributed by atoms with Crippen LogP contribution in [0, 0.1) is 17.3 Å². The normalized spacial score (nSPS) is 42.3. The van der Waals surface area contributed by atoms with Crippen LogP contribution >= 0.6 is 0 Å². The lowest BCUT2D eigenvalue weighted by Crippen LogP contribution is -2.54. The molecule has 1 aromatic rings. The lowest BCUT2D eigenvalue weighted by Gasteiger charge is -2.47. The second-order valence-electron chi connectivity index (χ2n) is 7.32. The van der Waals surface area contributed by atoms with Gasteiger partial charge in [-0.25, -0.2) is 0 Å². The van der Waals surface area contributed by atoms with Gasteiger partial charge in [0.2, 0.25) is 0 Å². The molecular formula is C19H22O4. The fourth-order valence-electron chi connectivity index (χ4n) is 5.26. The van der Waals surface area contributed by atoms with Crippen LogP contribution in [-0.2, 0) is 14.3 Å². The van der Waals surface area contributed by atoms with Crippen LogP contribution in [0.2, 0.25) is 0 Å². The fourth-order valence-corrected chi connectivity index (χ4v) is 5.26. The molecule has 3 fully saturated rings. The lowest BCUT2D eigenvalue weighted by molar-refractivity contribution is -0.148. The van der Waals surface area contributed by atoms with Gasteiger partial charge in [-0.15, -0.1) is 0 Å². The van der Waals surface area contributed by atoms with E-state index in [0.29, 0.717) is 12.8 Å². The summed E-state index contributed by atoms with van der Waals surface area (Å²) in [5, 5.41) is 10.4. The molecule has 6 atom stereocenters. The maximum absolute atomic E-state index is 12.8. The first kappa shape index (κ1) is 15.0. The number of rotatable bonds is 2. The van der Waals surface area contributed by atoms with Crippen LogP contribution in [0.3, 0.4) is 0 Å². The zero-order valence-corrected chi connectivity index (χ0v) is 13.3. The van der Waals surface area contributed by atoms with E-state index < -0.39 is 11.5 Å². The minimum absolute atomic E-state index is 0.0194. The zero-order chi connectivity index (χ0) is 16.2. The van der Waals surface area contributed by atoms with Crippen molar-refractivity contribution in [3.8, 4) is 0 Å². The predicted molar refractivity (Wildman–Crippen MR) is 83.6 cm³/mol. The summed E-state index contributed by atoms with van der Waals surface area (Å²) in [6.45, 7) is 1.58. The Morgan fingerprint density at radius 2 is 2.00 bits per heavy atom. The van der Waals surface area contributed by atoms with Crippen molar-refractivity contribution < 1.29 is 19.4 Å². The molecular weight excluding hydrogens is 292 g/mol. The third-order valence-electron chi connectivity index (χ3n) is 6.19. The van der Waals surface area contributed by atoms with Crippen molar-refractivity contribution in [1.82, 2.24) is 0 Å². The van der Waals surface area contributed by atoms with Crippen molar-refractivity contribution in [3.63, 3.8) is 0 Å². The third-order valence-corrected chi connectivity index (χ3v) is 6.19. The number of aliphatic hydroxyl groups excluding tert-OH is 1. The number of ether oxygens (including phenoxy) is 1. The summed E-state index contributed by atoms with van der Waals surface area (Å²) < 4.78 is 6.34. The van der Waals surface area contributed by atoms with Crippen LogP contribution in [-0.4, -0.2) is 28.9 Å². The van der Waals surface area contributed by atoms with E-state index in [1.807, 2.05) is 30.3 Å². The number of aliphatic hydroxyl groups is 1. The third kappa shape index (κ3) is 2.05. The molecule has 1 saturated heterocycles. The average molecular weight is 314 g/mol. The number of Topliss-reactive ketones (excluding diaryl/α,β-unsaturated/α-hetero) is 2. The molecule has 4 heteroatoms. The second kappa shape index (κ2) is 5.25. The van der Waals surface area contributed by atoms with Gasteiger partial charge in [-0.2, -0.15) is 0 Å². The molecule has 0 unspecified atom stereocenters. The summed E-state index contributed by atoms with van der Waals surface area (Å²) in [5.74, 6) is -0.0992. The lowest BCUT2D eigenvalue weighted by atomic mass is 9.53. The molecule has 0 amide bonds. The summed E-state index contributed by atoms with van der Waals surface area (Å²) in [7, 11) is 0. The number of carbonyl (C=O) groups excluding carboxylic acids is 2. The first-order valence-corrected chi connectivity index (χ1v) is 8.45. The summed E-state index contributed by atoms with van der Waals surface area (Å²) in [6, 6.07) is 9.75. The van der Waals surface area contributed by atoms with E-state index in [1.54, 1.807) is 6.92 Å².